The van der Waals surface area contributed by atoms with Gasteiger partial charge in [0.15, 0.2) is 0 Å². The summed E-state index contributed by atoms with van der Waals surface area (Å²) in [5, 5.41) is 3.81. The predicted octanol–water partition coefficient (Wildman–Crippen LogP) is 7.38. The van der Waals surface area contributed by atoms with Gasteiger partial charge in [-0.15, -0.1) is 0 Å². The third kappa shape index (κ3) is 2.71. The molecule has 156 valence electrons. The third-order valence-corrected chi connectivity index (χ3v) is 6.50. The molecule has 6 aromatic rings. The van der Waals surface area contributed by atoms with Crippen molar-refractivity contribution < 1.29 is 0 Å². The fourth-order valence-electron chi connectivity index (χ4n) is 5.08. The lowest BCUT2D eigenvalue weighted by Gasteiger charge is -2.13. The molecule has 3 aromatic heterocycles. The zero-order chi connectivity index (χ0) is 21.7. The van der Waals surface area contributed by atoms with E-state index in [0.29, 0.717) is 0 Å². The molecule has 3 nitrogen and oxygen atoms in total. The summed E-state index contributed by atoms with van der Waals surface area (Å²) in [6, 6.07) is 32.2. The van der Waals surface area contributed by atoms with Crippen LogP contribution in [0.3, 0.4) is 0 Å². The Morgan fingerprint density at radius 3 is 1.69 bits per heavy atom. The highest BCUT2D eigenvalue weighted by Crippen LogP contribution is 2.33. The summed E-state index contributed by atoms with van der Waals surface area (Å²) in [6.45, 7) is 4.48. The molecule has 3 heteroatoms. The topological polar surface area (TPSA) is 22.8 Å². The zero-order valence-electron chi connectivity index (χ0n) is 18.4. The summed E-state index contributed by atoms with van der Waals surface area (Å²) in [6.07, 6.45) is 2.13. The SMILES string of the molecule is CCCc1c(C)c2ccccc2n1-c1cccc(-n2c3ccccc3c3ccccc32)n1. The van der Waals surface area contributed by atoms with Crippen molar-refractivity contribution in [3.63, 3.8) is 0 Å². The molecule has 0 fully saturated rings. The lowest BCUT2D eigenvalue weighted by atomic mass is 10.1. The molecule has 0 aliphatic rings. The molecule has 0 spiro atoms. The quantitative estimate of drug-likeness (QED) is 0.294. The minimum atomic E-state index is 0.942. The Morgan fingerprint density at radius 2 is 1.09 bits per heavy atom. The van der Waals surface area contributed by atoms with Crippen molar-refractivity contribution in [1.29, 1.82) is 0 Å². The van der Waals surface area contributed by atoms with E-state index in [2.05, 4.69) is 114 Å². The van der Waals surface area contributed by atoms with Crippen LogP contribution in [0.1, 0.15) is 24.6 Å². The maximum absolute atomic E-state index is 5.22. The molecule has 0 N–H and O–H groups in total. The van der Waals surface area contributed by atoms with Gasteiger partial charge in [-0.1, -0.05) is 74.0 Å². The number of aromatic nitrogens is 3. The molecule has 3 aromatic carbocycles. The number of fused-ring (bicyclic) bond motifs is 4. The normalized spacial score (nSPS) is 11.7. The van der Waals surface area contributed by atoms with Crippen molar-refractivity contribution in [2.75, 3.05) is 0 Å². The van der Waals surface area contributed by atoms with Crippen molar-refractivity contribution in [2.24, 2.45) is 0 Å². The first kappa shape index (κ1) is 18.9. The van der Waals surface area contributed by atoms with E-state index < -0.39 is 0 Å². The lowest BCUT2D eigenvalue weighted by Crippen LogP contribution is -2.06. The van der Waals surface area contributed by atoms with Gasteiger partial charge in [0.25, 0.3) is 0 Å². The van der Waals surface area contributed by atoms with E-state index in [9.17, 15) is 0 Å². The van der Waals surface area contributed by atoms with Crippen molar-refractivity contribution in [2.45, 2.75) is 26.7 Å². The highest BCUT2D eigenvalue weighted by molar-refractivity contribution is 6.09. The van der Waals surface area contributed by atoms with Crippen molar-refractivity contribution in [3.05, 3.63) is 102 Å². The second-order valence-electron chi connectivity index (χ2n) is 8.40. The predicted molar refractivity (Wildman–Crippen MR) is 134 cm³/mol. The molecule has 0 aliphatic heterocycles. The van der Waals surface area contributed by atoms with Crippen LogP contribution in [0.4, 0.5) is 0 Å². The fourth-order valence-corrected chi connectivity index (χ4v) is 5.08. The van der Waals surface area contributed by atoms with Gasteiger partial charge in [0.1, 0.15) is 11.6 Å². The minimum absolute atomic E-state index is 0.942. The van der Waals surface area contributed by atoms with Crippen molar-refractivity contribution in [1.82, 2.24) is 14.1 Å². The van der Waals surface area contributed by atoms with Gasteiger partial charge in [-0.2, -0.15) is 0 Å². The molecular weight excluding hydrogens is 390 g/mol. The van der Waals surface area contributed by atoms with E-state index in [4.69, 9.17) is 4.98 Å². The van der Waals surface area contributed by atoms with Crippen LogP contribution in [0, 0.1) is 6.92 Å². The van der Waals surface area contributed by atoms with E-state index in [1.54, 1.807) is 0 Å². The Hall–Kier alpha value is -3.85. The van der Waals surface area contributed by atoms with Crippen LogP contribution >= 0.6 is 0 Å². The molecule has 0 saturated heterocycles. The van der Waals surface area contributed by atoms with Gasteiger partial charge >= 0.3 is 0 Å². The zero-order valence-corrected chi connectivity index (χ0v) is 18.4. The second-order valence-corrected chi connectivity index (χ2v) is 8.40. The largest absolute Gasteiger partial charge is 0.298 e. The molecule has 3 heterocycles. The van der Waals surface area contributed by atoms with Gasteiger partial charge < -0.3 is 0 Å². The Bertz CT molecular complexity index is 1550. The Balaban J connectivity index is 1.64. The monoisotopic (exact) mass is 415 g/mol. The van der Waals surface area contributed by atoms with Gasteiger partial charge in [0.2, 0.25) is 0 Å². The standard InChI is InChI=1S/C29H25N3/c1-3-11-24-20(2)21-12-4-7-15-25(21)31(24)28-18-10-19-29(30-28)32-26-16-8-5-13-22(26)23-14-6-9-17-27(23)32/h4-10,12-19H,3,11H2,1-2H3. The average molecular weight is 416 g/mol. The summed E-state index contributed by atoms with van der Waals surface area (Å²) in [7, 11) is 0. The Morgan fingerprint density at radius 1 is 0.594 bits per heavy atom. The molecule has 0 aliphatic carbocycles. The van der Waals surface area contributed by atoms with Crippen molar-refractivity contribution in [3.8, 4) is 11.6 Å². The number of rotatable bonds is 4. The van der Waals surface area contributed by atoms with Crippen LogP contribution in [-0.2, 0) is 6.42 Å². The van der Waals surface area contributed by atoms with E-state index in [0.717, 1.165) is 24.5 Å². The molecule has 0 unspecified atom stereocenters. The van der Waals surface area contributed by atoms with E-state index in [-0.39, 0.29) is 0 Å². The minimum Gasteiger partial charge on any atom is -0.298 e. The molecule has 0 bridgehead atoms. The number of hydrogen-bond acceptors (Lipinski definition) is 1. The summed E-state index contributed by atoms with van der Waals surface area (Å²) >= 11 is 0. The molecule has 0 radical (unpaired) electrons. The number of nitrogens with zero attached hydrogens (tertiary/aromatic N) is 3. The second kappa shape index (κ2) is 7.38. The van der Waals surface area contributed by atoms with Gasteiger partial charge in [0, 0.05) is 21.9 Å². The maximum Gasteiger partial charge on any atom is 0.140 e. The average Bonchev–Trinajstić information content (AvgIpc) is 3.32. The molecular formula is C29H25N3. The van der Waals surface area contributed by atoms with Crippen molar-refractivity contribution >= 4 is 32.7 Å². The fraction of sp³-hybridized carbons (Fsp3) is 0.138. The summed E-state index contributed by atoms with van der Waals surface area (Å²) in [5.41, 5.74) is 6.29. The van der Waals surface area contributed by atoms with Crippen LogP contribution in [0.2, 0.25) is 0 Å². The number of benzene rings is 3. The first-order valence-corrected chi connectivity index (χ1v) is 11.3. The molecule has 6 rings (SSSR count). The first-order chi connectivity index (χ1) is 15.8. The van der Waals surface area contributed by atoms with Crippen LogP contribution in [0.15, 0.2) is 91.0 Å². The molecule has 0 saturated carbocycles. The number of aryl methyl sites for hydroxylation is 1. The number of pyridine rings is 1. The molecule has 0 amide bonds. The Kier molecular flexibility index (Phi) is 4.36. The molecule has 32 heavy (non-hydrogen) atoms. The maximum atomic E-state index is 5.22. The summed E-state index contributed by atoms with van der Waals surface area (Å²) in [4.78, 5) is 5.22. The van der Waals surface area contributed by atoms with Gasteiger partial charge in [-0.05, 0) is 49.2 Å². The summed E-state index contributed by atoms with van der Waals surface area (Å²) in [5.74, 6) is 1.91. The number of hydrogen-bond donors (Lipinski definition) is 0. The summed E-state index contributed by atoms with van der Waals surface area (Å²) < 4.78 is 4.64. The smallest absolute Gasteiger partial charge is 0.140 e. The van der Waals surface area contributed by atoms with Gasteiger partial charge in [0.05, 0.1) is 16.6 Å². The molecule has 0 atom stereocenters. The number of para-hydroxylation sites is 3. The lowest BCUT2D eigenvalue weighted by molar-refractivity contribution is 0.831. The third-order valence-electron chi connectivity index (χ3n) is 6.50. The van der Waals surface area contributed by atoms with Crippen LogP contribution < -0.4 is 0 Å². The van der Waals surface area contributed by atoms with E-state index in [1.807, 2.05) is 0 Å². The van der Waals surface area contributed by atoms with Crippen LogP contribution in [0.25, 0.3) is 44.3 Å². The Labute approximate surface area is 187 Å². The van der Waals surface area contributed by atoms with E-state index in [1.165, 1.54) is 44.0 Å². The highest BCUT2D eigenvalue weighted by atomic mass is 15.1. The van der Waals surface area contributed by atoms with Gasteiger partial charge in [-0.3, -0.25) is 9.13 Å². The highest BCUT2D eigenvalue weighted by Gasteiger charge is 2.17. The van der Waals surface area contributed by atoms with E-state index >= 15 is 0 Å². The first-order valence-electron chi connectivity index (χ1n) is 11.3. The van der Waals surface area contributed by atoms with Crippen LogP contribution in [0.5, 0.6) is 0 Å². The van der Waals surface area contributed by atoms with Gasteiger partial charge in [-0.25, -0.2) is 4.98 Å². The van der Waals surface area contributed by atoms with Crippen LogP contribution in [-0.4, -0.2) is 14.1 Å².